The number of imide groups is 1. The summed E-state index contributed by atoms with van der Waals surface area (Å²) in [6.07, 6.45) is 0. The summed E-state index contributed by atoms with van der Waals surface area (Å²) in [5.74, 6) is -0.149. The Kier molecular flexibility index (Phi) is 5.13. The molecule has 1 aliphatic rings. The van der Waals surface area contributed by atoms with E-state index in [-0.39, 0.29) is 29.3 Å². The molecule has 1 saturated heterocycles. The normalized spacial score (nSPS) is 21.5. The van der Waals surface area contributed by atoms with E-state index in [1.54, 1.807) is 11.9 Å². The monoisotopic (exact) mass is 354 g/mol. The van der Waals surface area contributed by atoms with Gasteiger partial charge in [-0.1, -0.05) is 48.5 Å². The van der Waals surface area contributed by atoms with Crippen LogP contribution in [0.25, 0.3) is 0 Å². The molecule has 25 heavy (non-hydrogen) atoms. The number of likely N-dealkylation sites (N-methyl/N-ethyl adjacent to an activating group) is 1. The van der Waals surface area contributed by atoms with Crippen LogP contribution in [0.4, 0.5) is 4.79 Å². The van der Waals surface area contributed by atoms with Crippen molar-refractivity contribution in [1.82, 2.24) is 9.80 Å². The number of hydrogen-bond donors (Lipinski definition) is 0. The largest absolute Gasteiger partial charge is 0.327 e. The molecule has 0 radical (unpaired) electrons. The Morgan fingerprint density at radius 2 is 1.60 bits per heavy atom. The van der Waals surface area contributed by atoms with Crippen molar-refractivity contribution < 1.29 is 9.59 Å². The lowest BCUT2D eigenvalue weighted by molar-refractivity contribution is -0.128. The Bertz CT molecular complexity index is 751. The quantitative estimate of drug-likeness (QED) is 0.773. The first-order valence-corrected chi connectivity index (χ1v) is 9.25. The van der Waals surface area contributed by atoms with Gasteiger partial charge in [0.05, 0.1) is 17.3 Å². The maximum Gasteiger partial charge on any atom is 0.327 e. The minimum Gasteiger partial charge on any atom is -0.322 e. The molecule has 0 saturated carbocycles. The minimum absolute atomic E-state index is 0.0622. The Morgan fingerprint density at radius 3 is 2.20 bits per heavy atom. The van der Waals surface area contributed by atoms with Crippen LogP contribution in [0.15, 0.2) is 65.6 Å². The Morgan fingerprint density at radius 1 is 1.04 bits per heavy atom. The van der Waals surface area contributed by atoms with Gasteiger partial charge in [0.2, 0.25) is 5.91 Å². The number of amides is 3. The first-order chi connectivity index (χ1) is 12.0. The fourth-order valence-electron chi connectivity index (χ4n) is 3.15. The molecule has 4 nitrogen and oxygen atoms in total. The molecule has 0 aromatic heterocycles. The van der Waals surface area contributed by atoms with Crippen LogP contribution in [-0.2, 0) is 4.79 Å². The first-order valence-electron chi connectivity index (χ1n) is 8.37. The fourth-order valence-corrected chi connectivity index (χ4v) is 4.09. The van der Waals surface area contributed by atoms with Crippen LogP contribution in [-0.4, -0.2) is 40.1 Å². The highest BCUT2D eigenvalue weighted by molar-refractivity contribution is 8.00. The van der Waals surface area contributed by atoms with E-state index in [0.29, 0.717) is 0 Å². The van der Waals surface area contributed by atoms with Crippen LogP contribution < -0.4 is 0 Å². The summed E-state index contributed by atoms with van der Waals surface area (Å²) in [4.78, 5) is 29.9. The number of thioether (sulfide) groups is 1. The molecule has 1 aliphatic heterocycles. The van der Waals surface area contributed by atoms with Crippen molar-refractivity contribution in [3.63, 3.8) is 0 Å². The van der Waals surface area contributed by atoms with Crippen molar-refractivity contribution in [2.75, 3.05) is 7.05 Å². The smallest absolute Gasteiger partial charge is 0.322 e. The predicted octanol–water partition coefficient (Wildman–Crippen LogP) is 4.19. The van der Waals surface area contributed by atoms with Gasteiger partial charge in [0.25, 0.3) is 0 Å². The molecular weight excluding hydrogens is 332 g/mol. The van der Waals surface area contributed by atoms with Crippen LogP contribution in [0.1, 0.15) is 25.5 Å². The number of benzene rings is 2. The molecule has 0 bridgehead atoms. The highest BCUT2D eigenvalue weighted by Crippen LogP contribution is 2.36. The van der Waals surface area contributed by atoms with Crippen LogP contribution >= 0.6 is 11.8 Å². The number of carbonyl (C=O) groups excluding carboxylic acids is 2. The molecule has 2 aromatic carbocycles. The second-order valence-electron chi connectivity index (χ2n) is 6.27. The number of urea groups is 1. The average molecular weight is 354 g/mol. The van der Waals surface area contributed by atoms with E-state index < -0.39 is 0 Å². The van der Waals surface area contributed by atoms with E-state index >= 15 is 0 Å². The van der Waals surface area contributed by atoms with Gasteiger partial charge in [-0.25, -0.2) is 4.79 Å². The average Bonchev–Trinajstić information content (AvgIpc) is 2.86. The summed E-state index contributed by atoms with van der Waals surface area (Å²) in [6, 6.07) is 19.0. The van der Waals surface area contributed by atoms with Gasteiger partial charge in [0.1, 0.15) is 0 Å². The third kappa shape index (κ3) is 3.42. The summed E-state index contributed by atoms with van der Waals surface area (Å²) < 4.78 is 0. The fraction of sp³-hybridized carbons (Fsp3) is 0.300. The highest BCUT2D eigenvalue weighted by Gasteiger charge is 2.46. The zero-order valence-electron chi connectivity index (χ0n) is 14.6. The van der Waals surface area contributed by atoms with Gasteiger partial charge in [-0.15, -0.1) is 11.8 Å². The summed E-state index contributed by atoms with van der Waals surface area (Å²) >= 11 is 1.48. The lowest BCUT2D eigenvalue weighted by atomic mass is 10.0. The van der Waals surface area contributed by atoms with Crippen LogP contribution in [0, 0.1) is 0 Å². The van der Waals surface area contributed by atoms with E-state index in [4.69, 9.17) is 0 Å². The minimum atomic E-state index is -0.337. The van der Waals surface area contributed by atoms with Crippen LogP contribution in [0.2, 0.25) is 0 Å². The molecule has 0 unspecified atom stereocenters. The van der Waals surface area contributed by atoms with Crippen molar-refractivity contribution in [3.05, 3.63) is 66.2 Å². The lowest BCUT2D eigenvalue weighted by Crippen LogP contribution is -2.40. The number of carbonyl (C=O) groups is 2. The maximum absolute atomic E-state index is 13.1. The molecule has 2 aromatic rings. The van der Waals surface area contributed by atoms with Crippen molar-refractivity contribution in [2.45, 2.75) is 36.1 Å². The summed E-state index contributed by atoms with van der Waals surface area (Å²) in [6.45, 7) is 3.84. The summed E-state index contributed by atoms with van der Waals surface area (Å²) in [7, 11) is 1.76. The van der Waals surface area contributed by atoms with E-state index in [1.165, 1.54) is 16.7 Å². The van der Waals surface area contributed by atoms with Gasteiger partial charge in [0, 0.05) is 11.9 Å². The molecule has 130 valence electrons. The van der Waals surface area contributed by atoms with Gasteiger partial charge in [-0.05, 0) is 31.5 Å². The second-order valence-corrected chi connectivity index (χ2v) is 7.69. The molecule has 3 amide bonds. The second kappa shape index (κ2) is 7.31. The van der Waals surface area contributed by atoms with Crippen molar-refractivity contribution >= 4 is 23.7 Å². The summed E-state index contributed by atoms with van der Waals surface area (Å²) in [5, 5.41) is -0.337. The zero-order chi connectivity index (χ0) is 18.0. The van der Waals surface area contributed by atoms with Crippen molar-refractivity contribution in [1.29, 1.82) is 0 Å². The van der Waals surface area contributed by atoms with Crippen LogP contribution in [0.3, 0.4) is 0 Å². The number of rotatable bonds is 4. The van der Waals surface area contributed by atoms with Gasteiger partial charge in [0.15, 0.2) is 0 Å². The van der Waals surface area contributed by atoms with E-state index in [9.17, 15) is 9.59 Å². The first kappa shape index (κ1) is 17.5. The van der Waals surface area contributed by atoms with Gasteiger partial charge in [-0.2, -0.15) is 0 Å². The third-order valence-electron chi connectivity index (χ3n) is 4.64. The molecule has 3 atom stereocenters. The number of hydrogen-bond acceptors (Lipinski definition) is 3. The number of nitrogens with zero attached hydrogens (tertiary/aromatic N) is 2. The molecule has 1 fully saturated rings. The zero-order valence-corrected chi connectivity index (χ0v) is 15.4. The standard InChI is InChI=1S/C20H22N2O2S/c1-14-18(16-10-6-4-7-11-16)22(20(24)21(14)3)19(23)15(2)25-17-12-8-5-9-13-17/h4-15,18H,1-3H3/t14-,15-,18-/m0/s1. The van der Waals surface area contributed by atoms with Gasteiger partial charge >= 0.3 is 6.03 Å². The highest BCUT2D eigenvalue weighted by atomic mass is 32.2. The Hall–Kier alpha value is -2.27. The molecule has 0 spiro atoms. The third-order valence-corrected chi connectivity index (χ3v) is 5.74. The molecule has 3 rings (SSSR count). The van der Waals surface area contributed by atoms with E-state index in [1.807, 2.05) is 74.5 Å². The topological polar surface area (TPSA) is 40.6 Å². The van der Waals surface area contributed by atoms with E-state index in [0.717, 1.165) is 10.5 Å². The van der Waals surface area contributed by atoms with Gasteiger partial charge in [-0.3, -0.25) is 9.69 Å². The predicted molar refractivity (Wildman–Crippen MR) is 100 cm³/mol. The Labute approximate surface area is 152 Å². The molecule has 0 aliphatic carbocycles. The van der Waals surface area contributed by atoms with Crippen molar-refractivity contribution in [2.24, 2.45) is 0 Å². The van der Waals surface area contributed by atoms with E-state index in [2.05, 4.69) is 0 Å². The van der Waals surface area contributed by atoms with Crippen LogP contribution in [0.5, 0.6) is 0 Å². The Balaban J connectivity index is 1.87. The molecule has 0 N–H and O–H groups in total. The summed E-state index contributed by atoms with van der Waals surface area (Å²) in [5.41, 5.74) is 0.984. The lowest BCUT2D eigenvalue weighted by Gasteiger charge is -2.26. The maximum atomic E-state index is 13.1. The SMILES string of the molecule is C[C@H](Sc1ccccc1)C(=O)N1C(=O)N(C)[C@@H](C)[C@H]1c1ccccc1. The molecule has 5 heteroatoms. The van der Waals surface area contributed by atoms with Crippen molar-refractivity contribution in [3.8, 4) is 0 Å². The molecular formula is C20H22N2O2S. The van der Waals surface area contributed by atoms with Gasteiger partial charge < -0.3 is 4.90 Å². The molecule has 1 heterocycles.